The first-order valence-electron chi connectivity index (χ1n) is 11.6. The van der Waals surface area contributed by atoms with E-state index >= 15 is 0 Å². The zero-order chi connectivity index (χ0) is 26.0. The molecule has 0 radical (unpaired) electrons. The van der Waals surface area contributed by atoms with E-state index in [9.17, 15) is 19.7 Å². The van der Waals surface area contributed by atoms with Crippen molar-refractivity contribution >= 4 is 22.4 Å². The Morgan fingerprint density at radius 1 is 1.17 bits per heavy atom. The Morgan fingerprint density at radius 3 is 2.50 bits per heavy atom. The van der Waals surface area contributed by atoms with Gasteiger partial charge in [0.15, 0.2) is 0 Å². The molecule has 184 valence electrons. The van der Waals surface area contributed by atoms with Crippen molar-refractivity contribution < 1.29 is 9.23 Å². The fourth-order valence-electron chi connectivity index (χ4n) is 5.06. The largest absolute Gasteiger partial charge is 0.399 e. The van der Waals surface area contributed by atoms with Crippen molar-refractivity contribution in [1.29, 1.82) is 10.5 Å². The van der Waals surface area contributed by atoms with Crippen molar-refractivity contribution in [3.05, 3.63) is 63.1 Å². The van der Waals surface area contributed by atoms with Gasteiger partial charge in [0.1, 0.15) is 36.0 Å². The van der Waals surface area contributed by atoms with Crippen LogP contribution in [0.1, 0.15) is 48.2 Å². The van der Waals surface area contributed by atoms with Crippen LogP contribution in [0.25, 0.3) is 11.0 Å². The second-order valence-electron chi connectivity index (χ2n) is 8.92. The topological polar surface area (TPSA) is 120 Å². The molecule has 0 aliphatic heterocycles. The first-order chi connectivity index (χ1) is 17.3. The second kappa shape index (κ2) is 10.1. The lowest BCUT2D eigenvalue weighted by Gasteiger charge is -2.37. The molecule has 4 rings (SSSR count). The molecule has 10 heteroatoms. The molecule has 0 saturated heterocycles. The summed E-state index contributed by atoms with van der Waals surface area (Å²) >= 11 is 0. The van der Waals surface area contributed by atoms with Gasteiger partial charge in [-0.05, 0) is 56.9 Å². The van der Waals surface area contributed by atoms with E-state index in [-0.39, 0.29) is 23.2 Å². The number of fused-ring (bicyclic) bond motifs is 1. The van der Waals surface area contributed by atoms with Gasteiger partial charge in [-0.15, -0.1) is 0 Å². The minimum Gasteiger partial charge on any atom is -0.399 e. The number of oxime groups is 1. The van der Waals surface area contributed by atoms with E-state index in [0.29, 0.717) is 22.4 Å². The maximum Gasteiger partial charge on any atom is 0.270 e. The van der Waals surface area contributed by atoms with Crippen LogP contribution in [0, 0.1) is 41.5 Å². The molecule has 1 aliphatic rings. The van der Waals surface area contributed by atoms with Gasteiger partial charge in [-0.2, -0.15) is 14.9 Å². The zero-order valence-corrected chi connectivity index (χ0v) is 20.6. The van der Waals surface area contributed by atoms with Crippen molar-refractivity contribution in [3.8, 4) is 12.1 Å². The summed E-state index contributed by atoms with van der Waals surface area (Å²) in [5, 5.41) is 23.5. The number of halogens is 1. The average molecular weight is 488 g/mol. The molecular formula is C26H26FN7O2. The average Bonchev–Trinajstić information content (AvgIpc) is 2.89. The standard InChI is InChI=1S/C26H26FN7O2/c1-15-19(10-12-22(27)30-15)23(32-36-4)16-5-8-18(9-6-16)33(2)25-20(14-29)26(35)34(3)21-11-7-17(13-28)31-24(21)25/h7,10-12,16,18H,5-6,8-9H2,1-4H3/b32-23+. The molecule has 1 aliphatic carbocycles. The molecule has 3 aromatic heterocycles. The summed E-state index contributed by atoms with van der Waals surface area (Å²) in [6.07, 6.45) is 3.07. The first-order valence-corrected chi connectivity index (χ1v) is 11.6. The molecule has 0 N–H and O–H groups in total. The molecule has 1 fully saturated rings. The highest BCUT2D eigenvalue weighted by molar-refractivity contribution is 6.02. The van der Waals surface area contributed by atoms with Crippen LogP contribution in [0.15, 0.2) is 34.2 Å². The number of anilines is 1. The third-order valence-corrected chi connectivity index (χ3v) is 6.94. The number of nitrogens with zero attached hydrogens (tertiary/aromatic N) is 7. The molecule has 3 aromatic rings. The van der Waals surface area contributed by atoms with Gasteiger partial charge in [0.2, 0.25) is 5.95 Å². The SMILES string of the molecule is CO/N=C(/c1ccc(F)nc1C)C1CCC(N(C)c2c(C#N)c(=O)n(C)c3ccc(C#N)nc23)CC1. The molecule has 0 bridgehead atoms. The van der Waals surface area contributed by atoms with Gasteiger partial charge in [0.05, 0.1) is 16.9 Å². The monoisotopic (exact) mass is 487 g/mol. The van der Waals surface area contributed by atoms with Crippen LogP contribution < -0.4 is 10.5 Å². The van der Waals surface area contributed by atoms with Crippen LogP contribution >= 0.6 is 0 Å². The van der Waals surface area contributed by atoms with Gasteiger partial charge < -0.3 is 14.3 Å². The number of hydrogen-bond donors (Lipinski definition) is 0. The molecule has 0 spiro atoms. The Labute approximate surface area is 208 Å². The van der Waals surface area contributed by atoms with Gasteiger partial charge in [0, 0.05) is 37.3 Å². The van der Waals surface area contributed by atoms with E-state index in [4.69, 9.17) is 4.84 Å². The lowest BCUT2D eigenvalue weighted by molar-refractivity contribution is 0.209. The molecule has 3 heterocycles. The summed E-state index contributed by atoms with van der Waals surface area (Å²) in [6.45, 7) is 1.75. The van der Waals surface area contributed by atoms with E-state index < -0.39 is 11.5 Å². The minimum atomic E-state index is -0.541. The number of hydrogen-bond acceptors (Lipinski definition) is 8. The third kappa shape index (κ3) is 4.38. The molecule has 9 nitrogen and oxygen atoms in total. The smallest absolute Gasteiger partial charge is 0.270 e. The summed E-state index contributed by atoms with van der Waals surface area (Å²) in [6, 6.07) is 10.4. The van der Waals surface area contributed by atoms with Crippen molar-refractivity contribution in [2.75, 3.05) is 19.1 Å². The minimum absolute atomic E-state index is 0.00635. The highest BCUT2D eigenvalue weighted by Crippen LogP contribution is 2.35. The fourth-order valence-corrected chi connectivity index (χ4v) is 5.06. The highest BCUT2D eigenvalue weighted by Gasteiger charge is 2.31. The van der Waals surface area contributed by atoms with Crippen molar-refractivity contribution in [2.45, 2.75) is 38.6 Å². The Balaban J connectivity index is 1.67. The number of aryl methyl sites for hydroxylation is 2. The predicted molar refractivity (Wildman–Crippen MR) is 133 cm³/mol. The van der Waals surface area contributed by atoms with Gasteiger partial charge in [-0.1, -0.05) is 5.16 Å². The quantitative estimate of drug-likeness (QED) is 0.306. The number of pyridine rings is 3. The van der Waals surface area contributed by atoms with E-state index in [2.05, 4.69) is 21.2 Å². The van der Waals surface area contributed by atoms with Crippen LogP contribution in [0.2, 0.25) is 0 Å². The zero-order valence-electron chi connectivity index (χ0n) is 20.6. The summed E-state index contributed by atoms with van der Waals surface area (Å²) in [7, 11) is 4.94. The third-order valence-electron chi connectivity index (χ3n) is 6.94. The summed E-state index contributed by atoms with van der Waals surface area (Å²) < 4.78 is 14.9. The van der Waals surface area contributed by atoms with Crippen LogP contribution in [-0.4, -0.2) is 40.4 Å². The van der Waals surface area contributed by atoms with Crippen LogP contribution in [-0.2, 0) is 11.9 Å². The molecule has 36 heavy (non-hydrogen) atoms. The van der Waals surface area contributed by atoms with Gasteiger partial charge >= 0.3 is 0 Å². The predicted octanol–water partition coefficient (Wildman–Crippen LogP) is 3.57. The van der Waals surface area contributed by atoms with Gasteiger partial charge in [-0.25, -0.2) is 9.97 Å². The molecule has 0 aromatic carbocycles. The van der Waals surface area contributed by atoms with E-state index in [1.54, 1.807) is 32.2 Å². The van der Waals surface area contributed by atoms with Crippen molar-refractivity contribution in [3.63, 3.8) is 0 Å². The normalized spacial score (nSPS) is 17.9. The Hall–Kier alpha value is -4.31. The second-order valence-corrected chi connectivity index (χ2v) is 8.92. The Kier molecular flexibility index (Phi) is 6.98. The number of rotatable bonds is 5. The van der Waals surface area contributed by atoms with Gasteiger partial charge in [-0.3, -0.25) is 4.79 Å². The van der Waals surface area contributed by atoms with Crippen LogP contribution in [0.5, 0.6) is 0 Å². The van der Waals surface area contributed by atoms with Crippen LogP contribution in [0.3, 0.4) is 0 Å². The van der Waals surface area contributed by atoms with E-state index in [1.165, 1.54) is 17.7 Å². The lowest BCUT2D eigenvalue weighted by atomic mass is 9.80. The Morgan fingerprint density at radius 2 is 1.89 bits per heavy atom. The van der Waals surface area contributed by atoms with E-state index in [1.807, 2.05) is 18.0 Å². The maximum absolute atomic E-state index is 13.6. The summed E-state index contributed by atoms with van der Waals surface area (Å²) in [5.41, 5.74) is 3.32. The molecule has 0 amide bonds. The number of aromatic nitrogens is 3. The molecule has 0 atom stereocenters. The van der Waals surface area contributed by atoms with Crippen molar-refractivity contribution in [1.82, 2.24) is 14.5 Å². The fraction of sp³-hybridized carbons (Fsp3) is 0.385. The van der Waals surface area contributed by atoms with Crippen LogP contribution in [0.4, 0.5) is 10.1 Å². The lowest BCUT2D eigenvalue weighted by Crippen LogP contribution is -2.39. The molecule has 1 saturated carbocycles. The summed E-state index contributed by atoms with van der Waals surface area (Å²) in [5.74, 6) is -0.458. The van der Waals surface area contributed by atoms with E-state index in [0.717, 1.165) is 37.0 Å². The molecule has 0 unspecified atom stereocenters. The highest BCUT2D eigenvalue weighted by atomic mass is 19.1. The first kappa shape index (κ1) is 24.8. The molecular weight excluding hydrogens is 461 g/mol. The number of nitriles is 2. The maximum atomic E-state index is 13.6. The Bertz CT molecular complexity index is 1490. The summed E-state index contributed by atoms with van der Waals surface area (Å²) in [4.78, 5) is 28.4. The van der Waals surface area contributed by atoms with Gasteiger partial charge in [0.25, 0.3) is 5.56 Å². The van der Waals surface area contributed by atoms with Crippen molar-refractivity contribution in [2.24, 2.45) is 18.1 Å².